The van der Waals surface area contributed by atoms with Crippen LogP contribution in [-0.2, 0) is 0 Å². The van der Waals surface area contributed by atoms with Gasteiger partial charge in [-0.3, -0.25) is 9.59 Å². The highest BCUT2D eigenvalue weighted by Crippen LogP contribution is 2.36. The van der Waals surface area contributed by atoms with Crippen LogP contribution in [0.4, 0.5) is 0 Å². The fraction of sp³-hybridized carbons (Fsp3) is 0.273. The molecule has 1 aromatic rings. The summed E-state index contributed by atoms with van der Waals surface area (Å²) in [5, 5.41) is 9.01. The van der Waals surface area contributed by atoms with Crippen LogP contribution in [0.5, 0.6) is 11.5 Å². The van der Waals surface area contributed by atoms with Crippen LogP contribution in [-0.4, -0.2) is 42.8 Å². The van der Waals surface area contributed by atoms with Crippen molar-refractivity contribution in [1.82, 2.24) is 4.90 Å². The van der Waals surface area contributed by atoms with E-state index in [1.165, 1.54) is 14.2 Å². The maximum absolute atomic E-state index is 11.9. The Bertz CT molecular complexity index is 454. The van der Waals surface area contributed by atoms with Gasteiger partial charge in [0.25, 0.3) is 11.8 Å². The smallest absolute Gasteiger partial charge is 0.267 e. The summed E-state index contributed by atoms with van der Waals surface area (Å²) in [5.41, 5.74) is 0.261. The van der Waals surface area contributed by atoms with E-state index in [9.17, 15) is 9.59 Å². The van der Waals surface area contributed by atoms with Gasteiger partial charge in [-0.25, -0.2) is 4.90 Å². The minimum absolute atomic E-state index is 0.130. The van der Waals surface area contributed by atoms with Gasteiger partial charge >= 0.3 is 0 Å². The van der Waals surface area contributed by atoms with E-state index in [1.54, 1.807) is 12.1 Å². The van der Waals surface area contributed by atoms with Gasteiger partial charge < -0.3 is 14.6 Å². The fourth-order valence-electron chi connectivity index (χ4n) is 1.82. The summed E-state index contributed by atoms with van der Waals surface area (Å²) in [6.45, 7) is -0.668. The van der Waals surface area contributed by atoms with E-state index in [2.05, 4.69) is 0 Å². The zero-order valence-electron chi connectivity index (χ0n) is 9.39. The minimum atomic E-state index is -0.668. The lowest BCUT2D eigenvalue weighted by Crippen LogP contribution is -2.30. The molecule has 1 aromatic carbocycles. The quantitative estimate of drug-likeness (QED) is 0.762. The fourth-order valence-corrected chi connectivity index (χ4v) is 1.82. The van der Waals surface area contributed by atoms with Crippen molar-refractivity contribution in [3.63, 3.8) is 0 Å². The number of aliphatic hydroxyl groups is 1. The number of ether oxygens (including phenoxy) is 2. The molecule has 0 spiro atoms. The van der Waals surface area contributed by atoms with Gasteiger partial charge in [-0.05, 0) is 12.1 Å². The number of benzene rings is 1. The summed E-state index contributed by atoms with van der Waals surface area (Å²) in [7, 11) is 2.81. The molecule has 0 saturated heterocycles. The molecule has 0 atom stereocenters. The third kappa shape index (κ3) is 1.45. The lowest BCUT2D eigenvalue weighted by Gasteiger charge is -2.08. The number of hydrogen-bond acceptors (Lipinski definition) is 5. The standard InChI is InChI=1S/C11H11NO5/c1-16-6-3-4-7(17-2)9-8(6)10(14)12(5-13)11(9)15/h3-4,13H,5H2,1-2H3. The number of amides is 2. The van der Waals surface area contributed by atoms with Crippen molar-refractivity contribution < 1.29 is 24.2 Å². The predicted molar refractivity (Wildman–Crippen MR) is 57.1 cm³/mol. The molecular weight excluding hydrogens is 226 g/mol. The largest absolute Gasteiger partial charge is 0.496 e. The summed E-state index contributed by atoms with van der Waals surface area (Å²) in [4.78, 5) is 24.5. The van der Waals surface area contributed by atoms with Crippen molar-refractivity contribution in [2.24, 2.45) is 0 Å². The Hall–Kier alpha value is -2.08. The van der Waals surface area contributed by atoms with Gasteiger partial charge in [0.15, 0.2) is 0 Å². The van der Waals surface area contributed by atoms with Gasteiger partial charge in [-0.2, -0.15) is 0 Å². The van der Waals surface area contributed by atoms with Crippen LogP contribution in [0.25, 0.3) is 0 Å². The molecule has 17 heavy (non-hydrogen) atoms. The van der Waals surface area contributed by atoms with Gasteiger partial charge in [-0.15, -0.1) is 0 Å². The number of imide groups is 1. The molecule has 0 bridgehead atoms. The SMILES string of the molecule is COc1ccc(OC)c2c1C(=O)N(CO)C2=O. The molecule has 1 heterocycles. The highest BCUT2D eigenvalue weighted by molar-refractivity contribution is 6.23. The Morgan fingerprint density at radius 1 is 1.06 bits per heavy atom. The van der Waals surface area contributed by atoms with Crippen molar-refractivity contribution in [3.8, 4) is 11.5 Å². The second-order valence-corrected chi connectivity index (χ2v) is 3.40. The van der Waals surface area contributed by atoms with Crippen LogP contribution in [0.1, 0.15) is 20.7 Å². The van der Waals surface area contributed by atoms with E-state index in [-0.39, 0.29) is 22.6 Å². The van der Waals surface area contributed by atoms with E-state index in [0.717, 1.165) is 4.90 Å². The van der Waals surface area contributed by atoms with Crippen molar-refractivity contribution in [1.29, 1.82) is 0 Å². The number of rotatable bonds is 3. The second kappa shape index (κ2) is 4.06. The molecule has 0 radical (unpaired) electrons. The summed E-state index contributed by atoms with van der Waals surface area (Å²) in [6, 6.07) is 3.09. The number of nitrogens with zero attached hydrogens (tertiary/aromatic N) is 1. The first-order valence-corrected chi connectivity index (χ1v) is 4.87. The number of methoxy groups -OCH3 is 2. The number of carbonyl (C=O) groups excluding carboxylic acids is 2. The van der Waals surface area contributed by atoms with E-state index in [0.29, 0.717) is 0 Å². The van der Waals surface area contributed by atoms with E-state index < -0.39 is 18.5 Å². The third-order valence-corrected chi connectivity index (χ3v) is 2.63. The molecule has 2 amide bonds. The predicted octanol–water partition coefficient (Wildman–Crippen LogP) is 0.250. The first-order valence-electron chi connectivity index (χ1n) is 4.87. The monoisotopic (exact) mass is 237 g/mol. The van der Waals surface area contributed by atoms with Gasteiger partial charge in [0.1, 0.15) is 18.2 Å². The van der Waals surface area contributed by atoms with Crippen LogP contribution >= 0.6 is 0 Å². The zero-order chi connectivity index (χ0) is 12.6. The van der Waals surface area contributed by atoms with Crippen molar-refractivity contribution in [3.05, 3.63) is 23.3 Å². The highest BCUT2D eigenvalue weighted by Gasteiger charge is 2.40. The highest BCUT2D eigenvalue weighted by atomic mass is 16.5. The van der Waals surface area contributed by atoms with Gasteiger partial charge in [0.2, 0.25) is 0 Å². The molecule has 0 fully saturated rings. The molecule has 6 nitrogen and oxygen atoms in total. The minimum Gasteiger partial charge on any atom is -0.496 e. The van der Waals surface area contributed by atoms with E-state index in [1.807, 2.05) is 0 Å². The molecule has 0 unspecified atom stereocenters. The van der Waals surface area contributed by atoms with Gasteiger partial charge in [0.05, 0.1) is 25.3 Å². The zero-order valence-corrected chi connectivity index (χ0v) is 9.39. The topological polar surface area (TPSA) is 76.1 Å². The average Bonchev–Trinajstić information content (AvgIpc) is 2.61. The summed E-state index contributed by atoms with van der Waals surface area (Å²) in [6.07, 6.45) is 0. The van der Waals surface area contributed by atoms with Crippen LogP contribution in [0, 0.1) is 0 Å². The van der Waals surface area contributed by atoms with Gasteiger partial charge in [0, 0.05) is 0 Å². The number of aliphatic hydroxyl groups excluding tert-OH is 1. The van der Waals surface area contributed by atoms with Crippen LogP contribution in [0.15, 0.2) is 12.1 Å². The van der Waals surface area contributed by atoms with Crippen molar-refractivity contribution in [2.45, 2.75) is 0 Å². The van der Waals surface area contributed by atoms with E-state index >= 15 is 0 Å². The summed E-state index contributed by atoms with van der Waals surface area (Å²) < 4.78 is 10.1. The second-order valence-electron chi connectivity index (χ2n) is 3.40. The maximum atomic E-state index is 11.9. The van der Waals surface area contributed by atoms with Crippen molar-refractivity contribution in [2.75, 3.05) is 21.0 Å². The molecule has 1 N–H and O–H groups in total. The number of carbonyl (C=O) groups is 2. The Balaban J connectivity index is 2.69. The van der Waals surface area contributed by atoms with Gasteiger partial charge in [-0.1, -0.05) is 0 Å². The van der Waals surface area contributed by atoms with Crippen molar-refractivity contribution >= 4 is 11.8 Å². The number of hydrogen-bond donors (Lipinski definition) is 1. The van der Waals surface area contributed by atoms with Crippen LogP contribution in [0.2, 0.25) is 0 Å². The molecule has 1 aliphatic rings. The Morgan fingerprint density at radius 2 is 1.47 bits per heavy atom. The van der Waals surface area contributed by atoms with Crippen LogP contribution in [0.3, 0.4) is 0 Å². The molecule has 0 aliphatic carbocycles. The van der Waals surface area contributed by atoms with E-state index in [4.69, 9.17) is 14.6 Å². The van der Waals surface area contributed by atoms with Crippen LogP contribution < -0.4 is 9.47 Å². The molecule has 90 valence electrons. The first-order chi connectivity index (χ1) is 8.15. The first kappa shape index (κ1) is 11.4. The Kier molecular flexibility index (Phi) is 2.72. The summed E-state index contributed by atoms with van der Waals surface area (Å²) >= 11 is 0. The molecular formula is C11H11NO5. The molecule has 0 saturated carbocycles. The molecule has 1 aliphatic heterocycles. The lowest BCUT2D eigenvalue weighted by molar-refractivity contribution is 0.0488. The maximum Gasteiger partial charge on any atom is 0.267 e. The Labute approximate surface area is 97.4 Å². The molecule has 0 aromatic heterocycles. The average molecular weight is 237 g/mol. The lowest BCUT2D eigenvalue weighted by atomic mass is 10.1. The Morgan fingerprint density at radius 3 is 1.76 bits per heavy atom. The molecule has 6 heteroatoms. The third-order valence-electron chi connectivity index (χ3n) is 2.63. The number of fused-ring (bicyclic) bond motifs is 1. The summed E-state index contributed by atoms with van der Waals surface area (Å²) in [5.74, 6) is -0.586. The molecule has 2 rings (SSSR count). The normalized spacial score (nSPS) is 13.9.